The van der Waals surface area contributed by atoms with Gasteiger partial charge in [0.1, 0.15) is 0 Å². The molecular formula is C11H29NO. The smallest absolute Gasteiger partial charge is 0.0748 e. The molecule has 0 amide bonds. The second kappa shape index (κ2) is 11.9. The highest BCUT2D eigenvalue weighted by Gasteiger charge is 2.16. The number of hydrogen-bond donors (Lipinski definition) is 0. The van der Waals surface area contributed by atoms with Crippen LogP contribution in [0.1, 0.15) is 41.5 Å². The molecule has 2 heteroatoms. The maximum Gasteiger partial charge on any atom is 0.0748 e. The van der Waals surface area contributed by atoms with E-state index in [1.165, 1.54) is 0 Å². The van der Waals surface area contributed by atoms with Gasteiger partial charge in [0.2, 0.25) is 0 Å². The highest BCUT2D eigenvalue weighted by molar-refractivity contribution is 4.69. The lowest BCUT2D eigenvalue weighted by Crippen LogP contribution is -2.35. The van der Waals surface area contributed by atoms with Gasteiger partial charge in [-0.3, -0.25) is 0 Å². The van der Waals surface area contributed by atoms with Gasteiger partial charge in [-0.2, -0.15) is 0 Å². The summed E-state index contributed by atoms with van der Waals surface area (Å²) in [5.41, 5.74) is -0.0104. The Balaban J connectivity index is -0.000000218. The van der Waals surface area contributed by atoms with E-state index < -0.39 is 0 Å². The standard InChI is InChI=1S/C7H17NO.2C2H6/c1-7(2,9-5)6-8(3)4;2*1-2/h6H2,1-5H3;2*1-2H3. The van der Waals surface area contributed by atoms with Gasteiger partial charge in [-0.1, -0.05) is 27.7 Å². The predicted octanol–water partition coefficient (Wildman–Crippen LogP) is 3.03. The number of ether oxygens (including phenoxy) is 1. The molecule has 0 aliphatic carbocycles. The third-order valence-electron chi connectivity index (χ3n) is 1.25. The minimum atomic E-state index is -0.0104. The molecule has 0 unspecified atom stereocenters. The van der Waals surface area contributed by atoms with Crippen molar-refractivity contribution in [1.82, 2.24) is 4.90 Å². The van der Waals surface area contributed by atoms with Crippen LogP contribution in [0.3, 0.4) is 0 Å². The average Bonchev–Trinajstić information content (AvgIpc) is 2.10. The largest absolute Gasteiger partial charge is 0.377 e. The second-order valence-electron chi connectivity index (χ2n) is 3.20. The molecule has 0 aromatic heterocycles. The van der Waals surface area contributed by atoms with E-state index in [1.807, 2.05) is 41.8 Å². The summed E-state index contributed by atoms with van der Waals surface area (Å²) in [5.74, 6) is 0. The van der Waals surface area contributed by atoms with Crippen LogP contribution in [0.5, 0.6) is 0 Å². The van der Waals surface area contributed by atoms with Crippen molar-refractivity contribution in [3.8, 4) is 0 Å². The van der Waals surface area contributed by atoms with Gasteiger partial charge in [0.05, 0.1) is 5.60 Å². The van der Waals surface area contributed by atoms with Gasteiger partial charge in [0.15, 0.2) is 0 Å². The van der Waals surface area contributed by atoms with Crippen LogP contribution in [0.25, 0.3) is 0 Å². The van der Waals surface area contributed by atoms with Gasteiger partial charge in [-0.05, 0) is 27.9 Å². The monoisotopic (exact) mass is 191 g/mol. The molecule has 0 saturated carbocycles. The Morgan fingerprint density at radius 3 is 1.38 bits per heavy atom. The zero-order valence-corrected chi connectivity index (χ0v) is 11.1. The van der Waals surface area contributed by atoms with Crippen molar-refractivity contribution in [3.05, 3.63) is 0 Å². The molecule has 2 nitrogen and oxygen atoms in total. The number of likely N-dealkylation sites (N-methyl/N-ethyl adjacent to an activating group) is 1. The van der Waals surface area contributed by atoms with Gasteiger partial charge in [-0.25, -0.2) is 0 Å². The number of hydrogen-bond acceptors (Lipinski definition) is 2. The SMILES string of the molecule is CC.CC.COC(C)(C)CN(C)C. The first-order chi connectivity index (χ1) is 5.98. The van der Waals surface area contributed by atoms with Crippen LogP contribution in [-0.4, -0.2) is 38.3 Å². The van der Waals surface area contributed by atoms with Crippen LogP contribution < -0.4 is 0 Å². The molecule has 84 valence electrons. The Bertz CT molecular complexity index is 80.2. The fourth-order valence-electron chi connectivity index (χ4n) is 0.826. The Labute approximate surface area is 85.3 Å². The molecule has 0 N–H and O–H groups in total. The minimum Gasteiger partial charge on any atom is -0.377 e. The molecule has 13 heavy (non-hydrogen) atoms. The molecule has 0 rings (SSSR count). The summed E-state index contributed by atoms with van der Waals surface area (Å²) in [6, 6.07) is 0. The molecule has 0 aliphatic heterocycles. The van der Waals surface area contributed by atoms with E-state index in [9.17, 15) is 0 Å². The third-order valence-corrected chi connectivity index (χ3v) is 1.25. The molecule has 0 aromatic rings. The second-order valence-corrected chi connectivity index (χ2v) is 3.20. The van der Waals surface area contributed by atoms with Crippen LogP contribution in [0.2, 0.25) is 0 Å². The molecule has 0 heterocycles. The summed E-state index contributed by atoms with van der Waals surface area (Å²) in [6.07, 6.45) is 0. The van der Waals surface area contributed by atoms with Gasteiger partial charge >= 0.3 is 0 Å². The Kier molecular flexibility index (Phi) is 17.1. The normalized spacial score (nSPS) is 9.69. The summed E-state index contributed by atoms with van der Waals surface area (Å²) in [6.45, 7) is 13.1. The zero-order valence-electron chi connectivity index (χ0n) is 11.1. The Morgan fingerprint density at radius 2 is 1.31 bits per heavy atom. The topological polar surface area (TPSA) is 12.5 Å². The fourth-order valence-corrected chi connectivity index (χ4v) is 0.826. The maximum absolute atomic E-state index is 5.21. The van der Waals surface area contributed by atoms with Gasteiger partial charge in [0, 0.05) is 13.7 Å². The first-order valence-electron chi connectivity index (χ1n) is 5.18. The molecule has 0 spiro atoms. The van der Waals surface area contributed by atoms with E-state index >= 15 is 0 Å². The molecule has 0 aliphatic rings. The van der Waals surface area contributed by atoms with Crippen molar-refractivity contribution >= 4 is 0 Å². The van der Waals surface area contributed by atoms with E-state index in [2.05, 4.69) is 18.7 Å². The number of nitrogens with zero attached hydrogens (tertiary/aromatic N) is 1. The fraction of sp³-hybridized carbons (Fsp3) is 1.00. The van der Waals surface area contributed by atoms with E-state index in [0.717, 1.165) is 6.54 Å². The molecular weight excluding hydrogens is 162 g/mol. The van der Waals surface area contributed by atoms with Crippen LogP contribution in [-0.2, 0) is 4.74 Å². The van der Waals surface area contributed by atoms with Crippen LogP contribution in [0.4, 0.5) is 0 Å². The molecule has 0 aromatic carbocycles. The van der Waals surface area contributed by atoms with Crippen molar-refractivity contribution < 1.29 is 4.74 Å². The van der Waals surface area contributed by atoms with Crippen molar-refractivity contribution in [1.29, 1.82) is 0 Å². The summed E-state index contributed by atoms with van der Waals surface area (Å²) in [5, 5.41) is 0. The first-order valence-corrected chi connectivity index (χ1v) is 5.18. The third kappa shape index (κ3) is 18.7. The van der Waals surface area contributed by atoms with E-state index in [-0.39, 0.29) is 5.60 Å². The Morgan fingerprint density at radius 1 is 1.00 bits per heavy atom. The number of methoxy groups -OCH3 is 1. The van der Waals surface area contributed by atoms with E-state index in [0.29, 0.717) is 0 Å². The van der Waals surface area contributed by atoms with Crippen molar-refractivity contribution in [3.63, 3.8) is 0 Å². The van der Waals surface area contributed by atoms with Crippen LogP contribution >= 0.6 is 0 Å². The minimum absolute atomic E-state index is 0.0104. The molecule has 0 bridgehead atoms. The summed E-state index contributed by atoms with van der Waals surface area (Å²) in [7, 11) is 5.82. The predicted molar refractivity (Wildman–Crippen MR) is 62.3 cm³/mol. The van der Waals surface area contributed by atoms with Crippen LogP contribution in [0.15, 0.2) is 0 Å². The summed E-state index contributed by atoms with van der Waals surface area (Å²) in [4.78, 5) is 2.11. The Hall–Kier alpha value is -0.0800. The molecule has 0 fully saturated rings. The van der Waals surface area contributed by atoms with Gasteiger partial charge < -0.3 is 9.64 Å². The average molecular weight is 191 g/mol. The number of rotatable bonds is 3. The summed E-state index contributed by atoms with van der Waals surface area (Å²) >= 11 is 0. The highest BCUT2D eigenvalue weighted by atomic mass is 16.5. The van der Waals surface area contributed by atoms with E-state index in [4.69, 9.17) is 4.74 Å². The molecule has 0 atom stereocenters. The van der Waals surface area contributed by atoms with Gasteiger partial charge in [0.25, 0.3) is 0 Å². The molecule has 0 saturated heterocycles. The lowest BCUT2D eigenvalue weighted by molar-refractivity contribution is 0.00292. The van der Waals surface area contributed by atoms with Crippen molar-refractivity contribution in [2.45, 2.75) is 47.1 Å². The van der Waals surface area contributed by atoms with Crippen LogP contribution in [0, 0.1) is 0 Å². The molecule has 0 radical (unpaired) electrons. The highest BCUT2D eigenvalue weighted by Crippen LogP contribution is 2.06. The summed E-state index contributed by atoms with van der Waals surface area (Å²) < 4.78 is 5.21. The lowest BCUT2D eigenvalue weighted by atomic mass is 10.1. The zero-order chi connectivity index (χ0) is 11.5. The van der Waals surface area contributed by atoms with Crippen molar-refractivity contribution in [2.24, 2.45) is 0 Å². The van der Waals surface area contributed by atoms with E-state index in [1.54, 1.807) is 7.11 Å². The van der Waals surface area contributed by atoms with Crippen molar-refractivity contribution in [2.75, 3.05) is 27.7 Å². The lowest BCUT2D eigenvalue weighted by Gasteiger charge is -2.26. The van der Waals surface area contributed by atoms with Gasteiger partial charge in [-0.15, -0.1) is 0 Å². The first kappa shape index (κ1) is 18.7. The quantitative estimate of drug-likeness (QED) is 0.680. The maximum atomic E-state index is 5.21.